The maximum atomic E-state index is 13.3. The monoisotopic (exact) mass is 445 g/mol. The predicted molar refractivity (Wildman–Crippen MR) is 126 cm³/mol. The lowest BCUT2D eigenvalue weighted by atomic mass is 10.1. The topological polar surface area (TPSA) is 119 Å². The van der Waals surface area contributed by atoms with Crippen LogP contribution in [0.25, 0.3) is 0 Å². The van der Waals surface area contributed by atoms with Gasteiger partial charge in [0.2, 0.25) is 5.91 Å². The third kappa shape index (κ3) is 7.37. The first kappa shape index (κ1) is 25.4. The summed E-state index contributed by atoms with van der Waals surface area (Å²) in [5, 5.41) is 24.5. The van der Waals surface area contributed by atoms with Crippen molar-refractivity contribution in [3.8, 4) is 0 Å². The van der Waals surface area contributed by atoms with Crippen molar-refractivity contribution < 1.29 is 25.3 Å². The molecule has 1 heterocycles. The summed E-state index contributed by atoms with van der Waals surface area (Å²) in [5.74, 6) is -0.812. The Balaban J connectivity index is 2.11. The second kappa shape index (κ2) is 12.9. The third-order valence-electron chi connectivity index (χ3n) is 5.76. The van der Waals surface area contributed by atoms with Crippen LogP contribution in [0.3, 0.4) is 0 Å². The number of allylic oxidation sites excluding steroid dienone is 1. The zero-order valence-corrected chi connectivity index (χ0v) is 19.3. The van der Waals surface area contributed by atoms with Gasteiger partial charge >= 0.3 is 0 Å². The van der Waals surface area contributed by atoms with Crippen molar-refractivity contribution in [1.82, 2.24) is 5.48 Å². The van der Waals surface area contributed by atoms with E-state index in [4.69, 9.17) is 10.6 Å². The molecule has 176 valence electrons. The van der Waals surface area contributed by atoms with Crippen LogP contribution in [0.2, 0.25) is 0 Å². The van der Waals surface area contributed by atoms with Crippen LogP contribution < -0.4 is 20.7 Å². The molecular weight excluding hydrogens is 408 g/mol. The van der Waals surface area contributed by atoms with Crippen molar-refractivity contribution in [3.63, 3.8) is 0 Å². The van der Waals surface area contributed by atoms with Gasteiger partial charge in [0.15, 0.2) is 5.71 Å². The number of nitrogens with two attached hydrogens (primary N) is 1. The molecule has 5 N–H and O–H groups in total. The number of aliphatic hydroxyl groups is 1. The summed E-state index contributed by atoms with van der Waals surface area (Å²) in [6.45, 7) is 5.64. The first-order valence-corrected chi connectivity index (χ1v) is 11.4. The first-order valence-electron chi connectivity index (χ1n) is 11.4. The fourth-order valence-corrected chi connectivity index (χ4v) is 4.05. The average molecular weight is 446 g/mol. The number of hydrogen-bond donors (Lipinski definition) is 4. The number of rotatable bonds is 11. The largest absolute Gasteiger partial charge is 0.512 e. The van der Waals surface area contributed by atoms with Crippen molar-refractivity contribution in [2.75, 3.05) is 29.4 Å². The number of hydrogen-bond acceptors (Lipinski definition) is 5. The molecule has 0 radical (unpaired) electrons. The summed E-state index contributed by atoms with van der Waals surface area (Å²) in [7, 11) is 0. The lowest BCUT2D eigenvalue weighted by Crippen LogP contribution is -2.45. The van der Waals surface area contributed by atoms with E-state index < -0.39 is 5.91 Å². The minimum absolute atomic E-state index is 0.0973. The smallest absolute Gasteiger partial charge is 0.268 e. The van der Waals surface area contributed by atoms with Crippen molar-refractivity contribution in [1.29, 1.82) is 0 Å². The van der Waals surface area contributed by atoms with Gasteiger partial charge in [-0.2, -0.15) is 0 Å². The van der Waals surface area contributed by atoms with Gasteiger partial charge in [0, 0.05) is 44.4 Å². The van der Waals surface area contributed by atoms with Gasteiger partial charge in [-0.1, -0.05) is 12.8 Å². The van der Waals surface area contributed by atoms with Crippen LogP contribution in [0.4, 0.5) is 11.4 Å². The van der Waals surface area contributed by atoms with Gasteiger partial charge in [-0.25, -0.2) is 5.48 Å². The van der Waals surface area contributed by atoms with E-state index in [-0.39, 0.29) is 29.4 Å². The number of anilines is 2. The highest BCUT2D eigenvalue weighted by Crippen LogP contribution is 2.25. The molecule has 8 heteroatoms. The zero-order valence-electron chi connectivity index (χ0n) is 19.3. The number of benzene rings is 1. The Bertz CT molecular complexity index is 810. The Labute approximate surface area is 190 Å². The number of nitrogens with zero attached hydrogens (tertiary/aromatic N) is 2. The minimum Gasteiger partial charge on any atom is -0.512 e. The Kier molecular flexibility index (Phi) is 10.2. The van der Waals surface area contributed by atoms with Crippen LogP contribution in [0.1, 0.15) is 65.2 Å². The summed E-state index contributed by atoms with van der Waals surface area (Å²) in [6, 6.07) is 7.98. The highest BCUT2D eigenvalue weighted by Gasteiger charge is 2.26. The van der Waals surface area contributed by atoms with Gasteiger partial charge in [-0.3, -0.25) is 20.2 Å². The van der Waals surface area contributed by atoms with Crippen molar-refractivity contribution >= 4 is 28.9 Å². The van der Waals surface area contributed by atoms with Crippen LogP contribution >= 0.6 is 0 Å². The van der Waals surface area contributed by atoms with Crippen LogP contribution in [0.15, 0.2) is 35.6 Å². The maximum absolute atomic E-state index is 13.3. The summed E-state index contributed by atoms with van der Waals surface area (Å²) >= 11 is 0. The number of aliphatic hydroxyl groups excluding tert-OH is 1. The summed E-state index contributed by atoms with van der Waals surface area (Å²) in [5.41, 5.74) is 3.95. The van der Waals surface area contributed by atoms with E-state index in [2.05, 4.69) is 4.90 Å². The van der Waals surface area contributed by atoms with Gasteiger partial charge in [-0.05, 0) is 63.3 Å². The van der Waals surface area contributed by atoms with E-state index in [0.29, 0.717) is 13.0 Å². The average Bonchev–Trinajstić information content (AvgIpc) is 2.78. The molecule has 1 aliphatic heterocycles. The second-order valence-electron chi connectivity index (χ2n) is 8.36. The lowest BCUT2D eigenvalue weighted by Gasteiger charge is -2.29. The number of piperidine rings is 1. The molecule has 0 aliphatic carbocycles. The maximum Gasteiger partial charge on any atom is 0.268 e. The van der Waals surface area contributed by atoms with E-state index in [1.165, 1.54) is 26.2 Å². The molecule has 1 fully saturated rings. The zero-order chi connectivity index (χ0) is 23.5. The lowest BCUT2D eigenvalue weighted by molar-refractivity contribution is -0.129. The SMILES string of the molecule is CC(=[NH2+])/C(C(=O)N(CCCCCCC(=O)NO)c1ccc(N2CCCCC2)cc1)=C(/C)O. The van der Waals surface area contributed by atoms with Gasteiger partial charge in [0.1, 0.15) is 11.3 Å². The quantitative estimate of drug-likeness (QED) is 0.104. The van der Waals surface area contributed by atoms with Gasteiger partial charge < -0.3 is 14.9 Å². The molecule has 8 nitrogen and oxygen atoms in total. The molecule has 32 heavy (non-hydrogen) atoms. The molecular formula is C24H37N4O4+. The molecule has 0 bridgehead atoms. The van der Waals surface area contributed by atoms with Crippen molar-refractivity contribution in [2.45, 2.75) is 65.2 Å². The van der Waals surface area contributed by atoms with E-state index in [1.54, 1.807) is 17.3 Å². The van der Waals surface area contributed by atoms with Gasteiger partial charge in [0.05, 0.1) is 0 Å². The number of carbonyl (C=O) groups excluding carboxylic acids is 2. The van der Waals surface area contributed by atoms with Crippen LogP contribution in [-0.4, -0.2) is 47.5 Å². The predicted octanol–water partition coefficient (Wildman–Crippen LogP) is 2.52. The first-order chi connectivity index (χ1) is 15.3. The van der Waals surface area contributed by atoms with E-state index in [9.17, 15) is 14.7 Å². The molecule has 1 saturated heterocycles. The number of amides is 2. The van der Waals surface area contributed by atoms with Gasteiger partial charge in [-0.15, -0.1) is 0 Å². The fourth-order valence-electron chi connectivity index (χ4n) is 4.05. The van der Waals surface area contributed by atoms with Crippen LogP contribution in [0.5, 0.6) is 0 Å². The number of nitrogens with one attached hydrogen (secondary N) is 1. The minimum atomic E-state index is -0.391. The molecule has 0 atom stereocenters. The molecule has 0 spiro atoms. The summed E-state index contributed by atoms with van der Waals surface area (Å²) < 4.78 is 0. The van der Waals surface area contributed by atoms with Gasteiger partial charge in [0.25, 0.3) is 5.91 Å². The molecule has 2 rings (SSSR count). The molecule has 0 aromatic heterocycles. The van der Waals surface area contributed by atoms with Crippen LogP contribution in [-0.2, 0) is 9.59 Å². The highest BCUT2D eigenvalue weighted by atomic mass is 16.5. The Hall–Kier alpha value is -2.87. The standard InChI is InChI=1S/C24H36N4O4/c1-18(25)23(19(2)29)24(31)28(17-9-4-3-6-10-22(30)26-32)21-13-11-20(12-14-21)27-15-7-5-8-16-27/h11-14,25,29,32H,3-10,15-17H2,1-2H3,(H,26,30)/p+1/b23-19+,25-18?. The Morgan fingerprint density at radius 2 is 1.66 bits per heavy atom. The fraction of sp³-hybridized carbons (Fsp3) is 0.542. The van der Waals surface area contributed by atoms with Crippen LogP contribution in [0, 0.1) is 0 Å². The molecule has 2 amide bonds. The third-order valence-corrected chi connectivity index (χ3v) is 5.76. The molecule has 0 saturated carbocycles. The van der Waals surface area contributed by atoms with Crippen molar-refractivity contribution in [3.05, 3.63) is 35.6 Å². The second-order valence-corrected chi connectivity index (χ2v) is 8.36. The Morgan fingerprint density at radius 3 is 2.22 bits per heavy atom. The molecule has 1 aromatic rings. The summed E-state index contributed by atoms with van der Waals surface area (Å²) in [6.07, 6.45) is 6.98. The van der Waals surface area contributed by atoms with E-state index >= 15 is 0 Å². The van der Waals surface area contributed by atoms with E-state index in [1.807, 2.05) is 24.3 Å². The Morgan fingerprint density at radius 1 is 1.03 bits per heavy atom. The molecule has 0 unspecified atom stereocenters. The normalized spacial score (nSPS) is 14.5. The van der Waals surface area contributed by atoms with Crippen molar-refractivity contribution in [2.24, 2.45) is 0 Å². The number of carbonyl (C=O) groups is 2. The molecule has 1 aromatic carbocycles. The summed E-state index contributed by atoms with van der Waals surface area (Å²) in [4.78, 5) is 28.4. The number of unbranched alkanes of at least 4 members (excludes halogenated alkanes) is 3. The molecule has 1 aliphatic rings. The highest BCUT2D eigenvalue weighted by molar-refractivity contribution is 6.23. The van der Waals surface area contributed by atoms with E-state index in [0.717, 1.165) is 43.7 Å². The number of hydroxylamine groups is 1.